The Morgan fingerprint density at radius 1 is 1.26 bits per heavy atom. The topological polar surface area (TPSA) is 84.4 Å². The molecule has 0 saturated heterocycles. The zero-order valence-corrected chi connectivity index (χ0v) is 13.0. The third kappa shape index (κ3) is 4.72. The molecule has 19 heavy (non-hydrogen) atoms. The van der Waals surface area contributed by atoms with E-state index in [9.17, 15) is 16.8 Å². The lowest BCUT2D eigenvalue weighted by molar-refractivity contribution is 0.481. The molecule has 0 aliphatic rings. The van der Waals surface area contributed by atoms with E-state index < -0.39 is 19.9 Å². The summed E-state index contributed by atoms with van der Waals surface area (Å²) in [7, 11) is -5.67. The van der Waals surface area contributed by atoms with Crippen LogP contribution in [0.3, 0.4) is 0 Å². The maximum absolute atomic E-state index is 12.1. The standard InChI is InChI=1S/C10H15ClN2O4S2/c1-13(5-6-18(2,14)15)19(16,17)10-4-3-9(7-11)8-12-10/h3-4,8H,5-7H2,1-2H3. The molecule has 1 aromatic heterocycles. The van der Waals surface area contributed by atoms with Crippen LogP contribution in [0.25, 0.3) is 0 Å². The Balaban J connectivity index is 2.90. The fourth-order valence-corrected chi connectivity index (χ4v) is 3.17. The van der Waals surface area contributed by atoms with Crippen LogP contribution in [0.1, 0.15) is 5.56 Å². The number of nitrogens with zero attached hydrogens (tertiary/aromatic N) is 2. The van der Waals surface area contributed by atoms with E-state index >= 15 is 0 Å². The summed E-state index contributed by atoms with van der Waals surface area (Å²) in [5.41, 5.74) is 0.708. The van der Waals surface area contributed by atoms with Crippen molar-refractivity contribution in [2.24, 2.45) is 0 Å². The van der Waals surface area contributed by atoms with Crippen molar-refractivity contribution in [3.05, 3.63) is 23.9 Å². The highest BCUT2D eigenvalue weighted by Gasteiger charge is 2.22. The van der Waals surface area contributed by atoms with Crippen molar-refractivity contribution < 1.29 is 16.8 Å². The van der Waals surface area contributed by atoms with Crippen LogP contribution < -0.4 is 0 Å². The van der Waals surface area contributed by atoms with Crippen molar-refractivity contribution in [1.82, 2.24) is 9.29 Å². The minimum Gasteiger partial charge on any atom is -0.243 e. The summed E-state index contributed by atoms with van der Waals surface area (Å²) in [6, 6.07) is 2.92. The second-order valence-corrected chi connectivity index (χ2v) is 8.61. The molecule has 0 aliphatic carbocycles. The van der Waals surface area contributed by atoms with Crippen molar-refractivity contribution >= 4 is 31.5 Å². The van der Waals surface area contributed by atoms with E-state index in [4.69, 9.17) is 11.6 Å². The first-order valence-corrected chi connectivity index (χ1v) is 9.35. The van der Waals surface area contributed by atoms with Crippen LogP contribution in [-0.2, 0) is 25.7 Å². The zero-order valence-electron chi connectivity index (χ0n) is 10.6. The fourth-order valence-electron chi connectivity index (χ4n) is 1.22. The number of sulfonamides is 1. The summed E-state index contributed by atoms with van der Waals surface area (Å²) in [5.74, 6) is 0.0136. The minimum absolute atomic E-state index is 0.111. The number of aromatic nitrogens is 1. The molecule has 0 aromatic carbocycles. The van der Waals surface area contributed by atoms with Crippen molar-refractivity contribution in [3.8, 4) is 0 Å². The number of rotatable bonds is 6. The van der Waals surface area contributed by atoms with E-state index in [2.05, 4.69) is 4.98 Å². The molecule has 1 rings (SSSR count). The Morgan fingerprint density at radius 2 is 1.89 bits per heavy atom. The molecule has 1 heterocycles. The highest BCUT2D eigenvalue weighted by atomic mass is 35.5. The molecule has 0 unspecified atom stereocenters. The number of alkyl halides is 1. The summed E-state index contributed by atoms with van der Waals surface area (Å²) >= 11 is 5.59. The normalized spacial score (nSPS) is 12.8. The van der Waals surface area contributed by atoms with Gasteiger partial charge >= 0.3 is 0 Å². The predicted octanol–water partition coefficient (Wildman–Crippen LogP) is 0.485. The second-order valence-electron chi connectivity index (χ2n) is 4.09. The van der Waals surface area contributed by atoms with E-state index in [1.807, 2.05) is 0 Å². The van der Waals surface area contributed by atoms with Crippen molar-refractivity contribution in [2.75, 3.05) is 25.6 Å². The lowest BCUT2D eigenvalue weighted by Gasteiger charge is -2.15. The molecule has 9 heteroatoms. The summed E-state index contributed by atoms with van der Waals surface area (Å²) in [5, 5.41) is -0.127. The largest absolute Gasteiger partial charge is 0.260 e. The van der Waals surface area contributed by atoms with Gasteiger partial charge in [-0.15, -0.1) is 11.6 Å². The summed E-state index contributed by atoms with van der Waals surface area (Å²) in [6.45, 7) is -0.111. The maximum Gasteiger partial charge on any atom is 0.260 e. The van der Waals surface area contributed by atoms with Crippen LogP contribution in [0.4, 0.5) is 0 Å². The van der Waals surface area contributed by atoms with Gasteiger partial charge in [-0.25, -0.2) is 21.8 Å². The number of hydrogen-bond donors (Lipinski definition) is 0. The molecule has 0 N–H and O–H groups in total. The number of hydrogen-bond acceptors (Lipinski definition) is 5. The quantitative estimate of drug-likeness (QED) is 0.710. The molecule has 0 spiro atoms. The molecular weight excluding hydrogens is 312 g/mol. The molecule has 0 aliphatic heterocycles. The van der Waals surface area contributed by atoms with Gasteiger partial charge in [0, 0.05) is 31.9 Å². The first-order chi connectivity index (χ1) is 8.66. The zero-order chi connectivity index (χ0) is 14.7. The highest BCUT2D eigenvalue weighted by Crippen LogP contribution is 2.13. The van der Waals surface area contributed by atoms with Crippen LogP contribution in [0.15, 0.2) is 23.4 Å². The van der Waals surface area contributed by atoms with Crippen LogP contribution in [0.5, 0.6) is 0 Å². The molecule has 0 radical (unpaired) electrons. The van der Waals surface area contributed by atoms with Crippen molar-refractivity contribution in [2.45, 2.75) is 10.9 Å². The molecule has 6 nitrogen and oxygen atoms in total. The second kappa shape index (κ2) is 6.17. The Labute approximate surface area is 118 Å². The van der Waals surface area contributed by atoms with Gasteiger partial charge in [0.25, 0.3) is 10.0 Å². The maximum atomic E-state index is 12.1. The van der Waals surface area contributed by atoms with E-state index in [0.29, 0.717) is 5.56 Å². The third-order valence-corrected chi connectivity index (χ3v) is 5.41. The lowest BCUT2D eigenvalue weighted by atomic mass is 10.3. The van der Waals surface area contributed by atoms with Gasteiger partial charge in [0.2, 0.25) is 0 Å². The van der Waals surface area contributed by atoms with E-state index in [-0.39, 0.29) is 23.2 Å². The highest BCUT2D eigenvalue weighted by molar-refractivity contribution is 7.91. The van der Waals surface area contributed by atoms with Gasteiger partial charge < -0.3 is 0 Å². The first kappa shape index (κ1) is 16.4. The van der Waals surface area contributed by atoms with Gasteiger partial charge in [0.05, 0.1) is 5.75 Å². The van der Waals surface area contributed by atoms with Gasteiger partial charge in [-0.2, -0.15) is 4.31 Å². The molecule has 0 saturated carbocycles. The lowest BCUT2D eigenvalue weighted by Crippen LogP contribution is -2.32. The van der Waals surface area contributed by atoms with Gasteiger partial charge in [0.1, 0.15) is 9.84 Å². The smallest absolute Gasteiger partial charge is 0.243 e. The Bertz CT molecular complexity index is 626. The van der Waals surface area contributed by atoms with Gasteiger partial charge in [-0.3, -0.25) is 0 Å². The molecule has 0 amide bonds. The molecule has 1 aromatic rings. The Hall–Kier alpha value is -0.700. The van der Waals surface area contributed by atoms with E-state index in [1.165, 1.54) is 19.3 Å². The van der Waals surface area contributed by atoms with E-state index in [0.717, 1.165) is 10.6 Å². The molecule has 0 bridgehead atoms. The SMILES string of the molecule is CN(CCS(C)(=O)=O)S(=O)(=O)c1ccc(CCl)cn1. The fraction of sp³-hybridized carbons (Fsp3) is 0.500. The molecular formula is C10H15ClN2O4S2. The minimum atomic E-state index is -3.77. The summed E-state index contributed by atoms with van der Waals surface area (Å²) in [6.07, 6.45) is 2.44. The van der Waals surface area contributed by atoms with Crippen LogP contribution in [0.2, 0.25) is 0 Å². The number of sulfone groups is 1. The van der Waals surface area contributed by atoms with E-state index in [1.54, 1.807) is 6.07 Å². The monoisotopic (exact) mass is 326 g/mol. The summed E-state index contributed by atoms with van der Waals surface area (Å²) < 4.78 is 47.2. The van der Waals surface area contributed by atoms with Gasteiger partial charge in [-0.1, -0.05) is 6.07 Å². The van der Waals surface area contributed by atoms with Crippen LogP contribution >= 0.6 is 11.6 Å². The average Bonchev–Trinajstić information content (AvgIpc) is 2.35. The van der Waals surface area contributed by atoms with Crippen molar-refractivity contribution in [3.63, 3.8) is 0 Å². The molecule has 0 atom stereocenters. The predicted molar refractivity (Wildman–Crippen MR) is 73.3 cm³/mol. The molecule has 108 valence electrons. The Morgan fingerprint density at radius 3 is 2.32 bits per heavy atom. The van der Waals surface area contributed by atoms with Crippen molar-refractivity contribution in [1.29, 1.82) is 0 Å². The van der Waals surface area contributed by atoms with Gasteiger partial charge in [-0.05, 0) is 11.6 Å². The average molecular weight is 327 g/mol. The van der Waals surface area contributed by atoms with Crippen LogP contribution in [0, 0.1) is 0 Å². The van der Waals surface area contributed by atoms with Gasteiger partial charge in [0.15, 0.2) is 5.03 Å². The summed E-state index contributed by atoms with van der Waals surface area (Å²) in [4.78, 5) is 3.82. The molecule has 0 fully saturated rings. The first-order valence-electron chi connectivity index (χ1n) is 5.32. The third-order valence-electron chi connectivity index (χ3n) is 2.40. The van der Waals surface area contributed by atoms with Crippen LogP contribution in [-0.4, -0.2) is 51.7 Å². The number of pyridine rings is 1. The Kier molecular flexibility index (Phi) is 5.31. The number of halogens is 1.